The summed E-state index contributed by atoms with van der Waals surface area (Å²) >= 11 is 1.43. The van der Waals surface area contributed by atoms with Crippen LogP contribution in [0.25, 0.3) is 22.4 Å². The Hall–Kier alpha value is -3.92. The molecule has 2 aliphatic rings. The maximum absolute atomic E-state index is 13.6. The SMILES string of the molecule is Cc1cc(C(=O)N2CCN(C(=O)c3cccs3)CC2)c2c(-c3ccc4c(c3)OCO4)noc2n1. The number of piperazine rings is 1. The summed E-state index contributed by atoms with van der Waals surface area (Å²) in [7, 11) is 0. The lowest BCUT2D eigenvalue weighted by molar-refractivity contribution is 0.0539. The van der Waals surface area contributed by atoms with E-state index in [0.29, 0.717) is 70.6 Å². The molecule has 2 amide bonds. The lowest BCUT2D eigenvalue weighted by atomic mass is 10.0. The van der Waals surface area contributed by atoms with E-state index < -0.39 is 0 Å². The van der Waals surface area contributed by atoms with Crippen LogP contribution in [0.15, 0.2) is 46.3 Å². The van der Waals surface area contributed by atoms with Crippen LogP contribution >= 0.6 is 11.3 Å². The predicted octanol–water partition coefficient (Wildman–Crippen LogP) is 3.59. The number of hydrogen-bond donors (Lipinski definition) is 0. The van der Waals surface area contributed by atoms with Crippen LogP contribution in [0.2, 0.25) is 0 Å². The zero-order valence-corrected chi connectivity index (χ0v) is 19.1. The Balaban J connectivity index is 1.30. The van der Waals surface area contributed by atoms with E-state index in [-0.39, 0.29) is 18.6 Å². The Morgan fingerprint density at radius 2 is 1.74 bits per heavy atom. The number of thiophene rings is 1. The molecule has 1 aromatic carbocycles. The van der Waals surface area contributed by atoms with E-state index in [4.69, 9.17) is 14.0 Å². The second-order valence-electron chi connectivity index (χ2n) is 8.15. The Morgan fingerprint density at radius 1 is 0.971 bits per heavy atom. The Morgan fingerprint density at radius 3 is 2.50 bits per heavy atom. The molecule has 172 valence electrons. The molecular weight excluding hydrogens is 456 g/mol. The lowest BCUT2D eigenvalue weighted by Gasteiger charge is -2.34. The van der Waals surface area contributed by atoms with Gasteiger partial charge in [0.05, 0.1) is 15.8 Å². The Bertz CT molecular complexity index is 1410. The minimum Gasteiger partial charge on any atom is -0.454 e. The molecule has 2 aliphatic heterocycles. The minimum absolute atomic E-state index is 0.00775. The summed E-state index contributed by atoms with van der Waals surface area (Å²) in [5.41, 5.74) is 2.72. The number of rotatable bonds is 3. The quantitative estimate of drug-likeness (QED) is 0.446. The first-order chi connectivity index (χ1) is 16.6. The van der Waals surface area contributed by atoms with Crippen molar-refractivity contribution in [3.63, 3.8) is 0 Å². The van der Waals surface area contributed by atoms with Crippen molar-refractivity contribution in [2.45, 2.75) is 6.92 Å². The van der Waals surface area contributed by atoms with E-state index in [9.17, 15) is 9.59 Å². The van der Waals surface area contributed by atoms with E-state index in [1.54, 1.807) is 15.9 Å². The fraction of sp³-hybridized carbons (Fsp3) is 0.250. The average molecular weight is 477 g/mol. The van der Waals surface area contributed by atoms with Gasteiger partial charge in [0.15, 0.2) is 11.5 Å². The number of aryl methyl sites for hydroxylation is 1. The molecule has 3 aromatic heterocycles. The first kappa shape index (κ1) is 20.7. The van der Waals surface area contributed by atoms with E-state index in [0.717, 1.165) is 5.56 Å². The van der Waals surface area contributed by atoms with Gasteiger partial charge in [0, 0.05) is 37.4 Å². The predicted molar refractivity (Wildman–Crippen MR) is 124 cm³/mol. The molecule has 0 unspecified atom stereocenters. The fourth-order valence-electron chi connectivity index (χ4n) is 4.32. The van der Waals surface area contributed by atoms with Crippen molar-refractivity contribution in [2.24, 2.45) is 0 Å². The molecule has 0 bridgehead atoms. The standard InChI is InChI=1S/C24H20N4O5S/c1-14-11-16(23(29)27-6-8-28(9-7-27)24(30)19-3-2-10-34-19)20-21(26-33-22(20)25-14)15-4-5-17-18(12-15)32-13-31-17/h2-5,10-12H,6-9,13H2,1H3. The lowest BCUT2D eigenvalue weighted by Crippen LogP contribution is -2.50. The van der Waals surface area contributed by atoms with Gasteiger partial charge in [-0.05, 0) is 42.6 Å². The normalized spacial score (nSPS) is 15.2. The number of ether oxygens (including phenoxy) is 2. The number of aromatic nitrogens is 2. The Kier molecular flexibility index (Phi) is 4.95. The van der Waals surface area contributed by atoms with Crippen LogP contribution < -0.4 is 9.47 Å². The van der Waals surface area contributed by atoms with Gasteiger partial charge in [0.2, 0.25) is 6.79 Å². The second kappa shape index (κ2) is 8.14. The maximum Gasteiger partial charge on any atom is 0.264 e. The van der Waals surface area contributed by atoms with Crippen molar-refractivity contribution in [3.05, 3.63) is 57.9 Å². The highest BCUT2D eigenvalue weighted by Crippen LogP contribution is 2.38. The zero-order valence-electron chi connectivity index (χ0n) is 18.3. The highest BCUT2D eigenvalue weighted by molar-refractivity contribution is 7.12. The van der Waals surface area contributed by atoms with E-state index >= 15 is 0 Å². The third kappa shape index (κ3) is 3.47. The van der Waals surface area contributed by atoms with E-state index in [2.05, 4.69) is 10.1 Å². The molecule has 1 fully saturated rings. The summed E-state index contributed by atoms with van der Waals surface area (Å²) in [4.78, 5) is 35.0. The number of hydrogen-bond acceptors (Lipinski definition) is 8. The Labute approximate surface area is 198 Å². The molecule has 4 aromatic rings. The molecule has 0 aliphatic carbocycles. The van der Waals surface area contributed by atoms with Crippen LogP contribution in [0.4, 0.5) is 0 Å². The number of pyridine rings is 1. The van der Waals surface area contributed by atoms with Gasteiger partial charge in [-0.1, -0.05) is 11.2 Å². The van der Waals surface area contributed by atoms with Gasteiger partial charge in [-0.2, -0.15) is 0 Å². The fourth-order valence-corrected chi connectivity index (χ4v) is 5.01. The molecule has 34 heavy (non-hydrogen) atoms. The van der Waals surface area contributed by atoms with Crippen LogP contribution in [0, 0.1) is 6.92 Å². The number of benzene rings is 1. The van der Waals surface area contributed by atoms with Crippen molar-refractivity contribution in [1.29, 1.82) is 0 Å². The van der Waals surface area contributed by atoms with Crippen LogP contribution in [0.3, 0.4) is 0 Å². The van der Waals surface area contributed by atoms with Gasteiger partial charge in [-0.3, -0.25) is 9.59 Å². The molecule has 6 rings (SSSR count). The molecule has 0 atom stereocenters. The van der Waals surface area contributed by atoms with Gasteiger partial charge in [0.25, 0.3) is 17.5 Å². The summed E-state index contributed by atoms with van der Waals surface area (Å²) < 4.78 is 16.4. The molecule has 0 spiro atoms. The number of amides is 2. The molecule has 10 heteroatoms. The van der Waals surface area contributed by atoms with Gasteiger partial charge in [-0.15, -0.1) is 11.3 Å². The highest BCUT2D eigenvalue weighted by Gasteiger charge is 2.29. The topological polar surface area (TPSA) is 98.0 Å². The smallest absolute Gasteiger partial charge is 0.264 e. The third-order valence-corrected chi connectivity index (χ3v) is 6.89. The minimum atomic E-state index is -0.135. The number of carbonyl (C=O) groups excluding carboxylic acids is 2. The van der Waals surface area contributed by atoms with Crippen LogP contribution in [0.1, 0.15) is 25.7 Å². The summed E-state index contributed by atoms with van der Waals surface area (Å²) in [6.45, 7) is 3.84. The molecule has 0 N–H and O–H groups in total. The van der Waals surface area contributed by atoms with Crippen molar-refractivity contribution in [3.8, 4) is 22.8 Å². The van der Waals surface area contributed by atoms with Crippen LogP contribution in [0.5, 0.6) is 11.5 Å². The van der Waals surface area contributed by atoms with E-state index in [1.165, 1.54) is 11.3 Å². The van der Waals surface area contributed by atoms with Gasteiger partial charge in [0.1, 0.15) is 5.69 Å². The highest BCUT2D eigenvalue weighted by atomic mass is 32.1. The first-order valence-corrected chi connectivity index (χ1v) is 11.8. The largest absolute Gasteiger partial charge is 0.454 e. The van der Waals surface area contributed by atoms with Gasteiger partial charge < -0.3 is 23.8 Å². The zero-order chi connectivity index (χ0) is 23.2. The van der Waals surface area contributed by atoms with Gasteiger partial charge in [-0.25, -0.2) is 4.98 Å². The molecule has 9 nitrogen and oxygen atoms in total. The van der Waals surface area contributed by atoms with Gasteiger partial charge >= 0.3 is 0 Å². The number of nitrogens with zero attached hydrogens (tertiary/aromatic N) is 4. The number of carbonyl (C=O) groups is 2. The van der Waals surface area contributed by atoms with Crippen molar-refractivity contribution < 1.29 is 23.6 Å². The molecular formula is C24H20N4O5S. The summed E-state index contributed by atoms with van der Waals surface area (Å²) in [6.07, 6.45) is 0. The van der Waals surface area contributed by atoms with Crippen molar-refractivity contribution >= 4 is 34.3 Å². The summed E-state index contributed by atoms with van der Waals surface area (Å²) in [5.74, 6) is 1.15. The van der Waals surface area contributed by atoms with Crippen LogP contribution in [-0.2, 0) is 0 Å². The maximum atomic E-state index is 13.6. The number of fused-ring (bicyclic) bond motifs is 2. The van der Waals surface area contributed by atoms with E-state index in [1.807, 2.05) is 42.6 Å². The van der Waals surface area contributed by atoms with Crippen LogP contribution in [-0.4, -0.2) is 64.7 Å². The first-order valence-electron chi connectivity index (χ1n) is 10.9. The summed E-state index contributed by atoms with van der Waals surface area (Å²) in [6, 6.07) is 10.9. The molecule has 5 heterocycles. The van der Waals surface area contributed by atoms with Crippen molar-refractivity contribution in [1.82, 2.24) is 19.9 Å². The molecule has 0 radical (unpaired) electrons. The monoisotopic (exact) mass is 476 g/mol. The third-order valence-electron chi connectivity index (χ3n) is 6.04. The van der Waals surface area contributed by atoms with Crippen molar-refractivity contribution in [2.75, 3.05) is 33.0 Å². The summed E-state index contributed by atoms with van der Waals surface area (Å²) in [5, 5.41) is 6.68. The second-order valence-corrected chi connectivity index (χ2v) is 9.10. The average Bonchev–Trinajstić information content (AvgIpc) is 3.63. The molecule has 0 saturated carbocycles. The molecule has 1 saturated heterocycles.